The van der Waals surface area contributed by atoms with Gasteiger partial charge in [0.1, 0.15) is 5.84 Å². The summed E-state index contributed by atoms with van der Waals surface area (Å²) in [6, 6.07) is 6.66. The summed E-state index contributed by atoms with van der Waals surface area (Å²) in [7, 11) is -1.93. The molecule has 1 aromatic rings. The summed E-state index contributed by atoms with van der Waals surface area (Å²) in [4.78, 5) is 0. The zero-order chi connectivity index (χ0) is 15.5. The van der Waals surface area contributed by atoms with Gasteiger partial charge in [0.15, 0.2) is 0 Å². The number of nitrogen functional groups attached to an aromatic ring is 1. The van der Waals surface area contributed by atoms with Crippen molar-refractivity contribution in [2.45, 2.75) is 25.7 Å². The van der Waals surface area contributed by atoms with Crippen LogP contribution in [0.4, 0.5) is 5.69 Å². The quantitative estimate of drug-likeness (QED) is 0.652. The monoisotopic (exact) mass is 310 g/mol. The maximum absolute atomic E-state index is 12.6. The highest BCUT2D eigenvalue weighted by Gasteiger charge is 2.27. The number of anilines is 1. The van der Waals surface area contributed by atoms with E-state index in [4.69, 9.17) is 11.1 Å². The standard InChI is InChI=1S/C14H22N4O2S/c1-17(13-8-6-12(7-9-13)14(15)16)21(19,20)18-10-4-2-3-5-11-18/h6-9H,2-5,10-11H2,1H3,(H3,15,16). The van der Waals surface area contributed by atoms with Crippen molar-refractivity contribution in [1.29, 1.82) is 5.41 Å². The van der Waals surface area contributed by atoms with Crippen LogP contribution in [-0.2, 0) is 10.2 Å². The van der Waals surface area contributed by atoms with Crippen LogP contribution in [0, 0.1) is 5.41 Å². The van der Waals surface area contributed by atoms with Crippen LogP contribution in [0.2, 0.25) is 0 Å². The molecule has 6 nitrogen and oxygen atoms in total. The average Bonchev–Trinajstić information content (AvgIpc) is 2.76. The van der Waals surface area contributed by atoms with Crippen molar-refractivity contribution in [3.8, 4) is 0 Å². The van der Waals surface area contributed by atoms with Crippen molar-refractivity contribution in [2.75, 3.05) is 24.4 Å². The lowest BCUT2D eigenvalue weighted by atomic mass is 10.2. The van der Waals surface area contributed by atoms with Gasteiger partial charge in [0, 0.05) is 25.7 Å². The molecule has 0 unspecified atom stereocenters. The van der Waals surface area contributed by atoms with Crippen LogP contribution in [0.25, 0.3) is 0 Å². The highest BCUT2D eigenvalue weighted by molar-refractivity contribution is 7.90. The third-order valence-corrected chi connectivity index (χ3v) is 5.70. The van der Waals surface area contributed by atoms with E-state index in [1.807, 2.05) is 0 Å². The number of hydrogen-bond acceptors (Lipinski definition) is 3. The van der Waals surface area contributed by atoms with Crippen molar-refractivity contribution in [3.05, 3.63) is 29.8 Å². The first-order valence-corrected chi connectivity index (χ1v) is 8.51. The van der Waals surface area contributed by atoms with Crippen LogP contribution < -0.4 is 10.0 Å². The minimum atomic E-state index is -3.49. The Labute approximate surface area is 126 Å². The van der Waals surface area contributed by atoms with Crippen molar-refractivity contribution in [3.63, 3.8) is 0 Å². The SMILES string of the molecule is CN(c1ccc(C(=N)N)cc1)S(=O)(=O)N1CCCCCC1. The Balaban J connectivity index is 2.20. The molecule has 3 N–H and O–H groups in total. The van der Waals surface area contributed by atoms with E-state index in [1.165, 1.54) is 4.31 Å². The van der Waals surface area contributed by atoms with Crippen LogP contribution in [0.15, 0.2) is 24.3 Å². The lowest BCUT2D eigenvalue weighted by Gasteiger charge is -2.27. The van der Waals surface area contributed by atoms with E-state index in [9.17, 15) is 8.42 Å². The van der Waals surface area contributed by atoms with E-state index in [2.05, 4.69) is 0 Å². The third-order valence-electron chi connectivity index (χ3n) is 3.78. The van der Waals surface area contributed by atoms with Gasteiger partial charge in [-0.1, -0.05) is 12.8 Å². The molecule has 1 saturated heterocycles. The van der Waals surface area contributed by atoms with Gasteiger partial charge in [0.25, 0.3) is 0 Å². The van der Waals surface area contributed by atoms with Crippen LogP contribution >= 0.6 is 0 Å². The molecule has 1 aliphatic heterocycles. The van der Waals surface area contributed by atoms with Gasteiger partial charge in [-0.2, -0.15) is 12.7 Å². The maximum Gasteiger partial charge on any atom is 0.303 e. The fourth-order valence-corrected chi connectivity index (χ4v) is 3.88. The second-order valence-corrected chi connectivity index (χ2v) is 7.21. The molecule has 0 spiro atoms. The summed E-state index contributed by atoms with van der Waals surface area (Å²) in [5.41, 5.74) is 6.56. The molecule has 0 aliphatic carbocycles. The molecular weight excluding hydrogens is 288 g/mol. The van der Waals surface area contributed by atoms with Crippen molar-refractivity contribution in [1.82, 2.24) is 4.31 Å². The number of hydrogen-bond donors (Lipinski definition) is 2. The lowest BCUT2D eigenvalue weighted by Crippen LogP contribution is -2.42. The molecule has 1 fully saturated rings. The first-order chi connectivity index (χ1) is 9.93. The highest BCUT2D eigenvalue weighted by atomic mass is 32.2. The minimum Gasteiger partial charge on any atom is -0.384 e. The normalized spacial score (nSPS) is 17.2. The van der Waals surface area contributed by atoms with E-state index in [-0.39, 0.29) is 5.84 Å². The molecule has 116 valence electrons. The number of benzene rings is 1. The molecular formula is C14H22N4O2S. The van der Waals surface area contributed by atoms with Crippen molar-refractivity contribution >= 4 is 21.7 Å². The van der Waals surface area contributed by atoms with Crippen molar-refractivity contribution < 1.29 is 8.42 Å². The Morgan fingerprint density at radius 2 is 1.67 bits per heavy atom. The second kappa shape index (κ2) is 6.44. The van der Waals surface area contributed by atoms with E-state index >= 15 is 0 Å². The number of nitrogens with two attached hydrogens (primary N) is 1. The molecule has 21 heavy (non-hydrogen) atoms. The van der Waals surface area contributed by atoms with Gasteiger partial charge < -0.3 is 5.73 Å². The fraction of sp³-hybridized carbons (Fsp3) is 0.500. The number of rotatable bonds is 4. The topological polar surface area (TPSA) is 90.5 Å². The molecule has 0 saturated carbocycles. The van der Waals surface area contributed by atoms with E-state index in [0.29, 0.717) is 24.3 Å². The fourth-order valence-electron chi connectivity index (χ4n) is 2.43. The zero-order valence-corrected chi connectivity index (χ0v) is 13.1. The minimum absolute atomic E-state index is 0.0282. The van der Waals surface area contributed by atoms with Gasteiger partial charge in [-0.25, -0.2) is 0 Å². The maximum atomic E-state index is 12.6. The Morgan fingerprint density at radius 1 is 1.14 bits per heavy atom. The Morgan fingerprint density at radius 3 is 2.14 bits per heavy atom. The number of amidine groups is 1. The second-order valence-electron chi connectivity index (χ2n) is 5.25. The van der Waals surface area contributed by atoms with Crippen LogP contribution in [0.3, 0.4) is 0 Å². The van der Waals surface area contributed by atoms with Gasteiger partial charge in [-0.15, -0.1) is 0 Å². The van der Waals surface area contributed by atoms with Gasteiger partial charge in [-0.3, -0.25) is 9.71 Å². The molecule has 0 atom stereocenters. The van der Waals surface area contributed by atoms with Gasteiger partial charge in [0.2, 0.25) is 0 Å². The number of nitrogens with zero attached hydrogens (tertiary/aromatic N) is 2. The molecule has 0 aromatic heterocycles. The number of nitrogens with one attached hydrogen (secondary N) is 1. The molecule has 1 aromatic carbocycles. The third kappa shape index (κ3) is 3.54. The summed E-state index contributed by atoms with van der Waals surface area (Å²) < 4.78 is 28.1. The average molecular weight is 310 g/mol. The zero-order valence-electron chi connectivity index (χ0n) is 12.2. The Hall–Kier alpha value is -1.60. The van der Waals surface area contributed by atoms with E-state index < -0.39 is 10.2 Å². The predicted octanol–water partition coefficient (Wildman–Crippen LogP) is 1.53. The van der Waals surface area contributed by atoms with Gasteiger partial charge >= 0.3 is 10.2 Å². The summed E-state index contributed by atoms with van der Waals surface area (Å²) in [6.45, 7) is 1.16. The lowest BCUT2D eigenvalue weighted by molar-refractivity contribution is 0.422. The van der Waals surface area contributed by atoms with Crippen molar-refractivity contribution in [2.24, 2.45) is 5.73 Å². The molecule has 1 aliphatic rings. The predicted molar refractivity (Wildman–Crippen MR) is 84.8 cm³/mol. The smallest absolute Gasteiger partial charge is 0.303 e. The highest BCUT2D eigenvalue weighted by Crippen LogP contribution is 2.21. The summed E-state index contributed by atoms with van der Waals surface area (Å²) in [5.74, 6) is -0.0282. The summed E-state index contributed by atoms with van der Waals surface area (Å²) in [5, 5.41) is 7.36. The van der Waals surface area contributed by atoms with Crippen LogP contribution in [0.5, 0.6) is 0 Å². The van der Waals surface area contributed by atoms with Crippen LogP contribution in [0.1, 0.15) is 31.2 Å². The molecule has 2 rings (SSSR count). The molecule has 0 amide bonds. The van der Waals surface area contributed by atoms with E-state index in [1.54, 1.807) is 35.6 Å². The first kappa shape index (κ1) is 15.8. The van der Waals surface area contributed by atoms with Gasteiger partial charge in [0.05, 0.1) is 5.69 Å². The summed E-state index contributed by atoms with van der Waals surface area (Å²) >= 11 is 0. The molecule has 1 heterocycles. The summed E-state index contributed by atoms with van der Waals surface area (Å²) in [6.07, 6.45) is 4.00. The Kier molecular flexibility index (Phi) is 4.84. The largest absolute Gasteiger partial charge is 0.384 e. The molecule has 7 heteroatoms. The van der Waals surface area contributed by atoms with Gasteiger partial charge in [-0.05, 0) is 37.1 Å². The molecule has 0 bridgehead atoms. The molecule has 0 radical (unpaired) electrons. The van der Waals surface area contributed by atoms with Crippen LogP contribution in [-0.4, -0.2) is 38.7 Å². The van der Waals surface area contributed by atoms with E-state index in [0.717, 1.165) is 25.7 Å². The first-order valence-electron chi connectivity index (χ1n) is 7.11. The Bertz CT molecular complexity index is 590.